The largest absolute Gasteiger partial charge is 0.382 e. The first kappa shape index (κ1) is 16.1. The standard InChI is InChI=1S/C17H27FN2O/c1-12(2)20(3)17-10-7-14(11-16(17)18)19-13-5-8-15(21-4)9-6-13/h7,10-13,15,19H,5-6,8-9H2,1-4H3. The van der Waals surface area contributed by atoms with Gasteiger partial charge in [-0.1, -0.05) is 0 Å². The molecule has 0 saturated heterocycles. The normalized spacial score (nSPS) is 22.4. The van der Waals surface area contributed by atoms with Crippen molar-refractivity contribution in [3.05, 3.63) is 24.0 Å². The summed E-state index contributed by atoms with van der Waals surface area (Å²) >= 11 is 0. The lowest BCUT2D eigenvalue weighted by molar-refractivity contribution is 0.0682. The highest BCUT2D eigenvalue weighted by atomic mass is 19.1. The second-order valence-electron chi connectivity index (χ2n) is 6.22. The number of halogens is 1. The lowest BCUT2D eigenvalue weighted by Crippen LogP contribution is -2.29. The quantitative estimate of drug-likeness (QED) is 0.887. The minimum Gasteiger partial charge on any atom is -0.382 e. The van der Waals surface area contributed by atoms with Crippen LogP contribution in [-0.4, -0.2) is 32.3 Å². The molecule has 1 N–H and O–H groups in total. The fraction of sp³-hybridized carbons (Fsp3) is 0.647. The van der Waals surface area contributed by atoms with E-state index in [1.165, 1.54) is 0 Å². The highest BCUT2D eigenvalue weighted by molar-refractivity contribution is 5.56. The van der Waals surface area contributed by atoms with Gasteiger partial charge in [0.25, 0.3) is 0 Å². The van der Waals surface area contributed by atoms with Gasteiger partial charge in [-0.2, -0.15) is 0 Å². The van der Waals surface area contributed by atoms with Gasteiger partial charge in [-0.05, 0) is 57.7 Å². The van der Waals surface area contributed by atoms with E-state index in [1.54, 1.807) is 13.2 Å². The van der Waals surface area contributed by atoms with Gasteiger partial charge in [0.15, 0.2) is 0 Å². The summed E-state index contributed by atoms with van der Waals surface area (Å²) in [5.41, 5.74) is 1.52. The number of hydrogen-bond acceptors (Lipinski definition) is 3. The van der Waals surface area contributed by atoms with E-state index in [2.05, 4.69) is 19.2 Å². The van der Waals surface area contributed by atoms with E-state index in [1.807, 2.05) is 24.1 Å². The molecule has 3 nitrogen and oxygen atoms in total. The zero-order valence-corrected chi connectivity index (χ0v) is 13.5. The number of nitrogens with one attached hydrogen (secondary N) is 1. The van der Waals surface area contributed by atoms with Gasteiger partial charge in [-0.25, -0.2) is 4.39 Å². The van der Waals surface area contributed by atoms with E-state index in [9.17, 15) is 4.39 Å². The maximum absolute atomic E-state index is 14.2. The summed E-state index contributed by atoms with van der Waals surface area (Å²) in [6, 6.07) is 6.14. The minimum atomic E-state index is -0.165. The van der Waals surface area contributed by atoms with Crippen molar-refractivity contribution < 1.29 is 9.13 Å². The Morgan fingerprint density at radius 3 is 2.43 bits per heavy atom. The Balaban J connectivity index is 1.98. The molecule has 0 spiro atoms. The summed E-state index contributed by atoms with van der Waals surface area (Å²) < 4.78 is 19.6. The van der Waals surface area contributed by atoms with Crippen LogP contribution in [0.3, 0.4) is 0 Å². The maximum Gasteiger partial charge on any atom is 0.148 e. The molecule has 21 heavy (non-hydrogen) atoms. The van der Waals surface area contributed by atoms with Gasteiger partial charge in [-0.3, -0.25) is 0 Å². The molecule has 2 rings (SSSR count). The average molecular weight is 294 g/mol. The van der Waals surface area contributed by atoms with Crippen molar-refractivity contribution in [2.45, 2.75) is 57.7 Å². The summed E-state index contributed by atoms with van der Waals surface area (Å²) in [5.74, 6) is -0.165. The molecule has 0 amide bonds. The summed E-state index contributed by atoms with van der Waals surface area (Å²) in [5, 5.41) is 3.45. The van der Waals surface area contributed by atoms with Gasteiger partial charge >= 0.3 is 0 Å². The molecule has 0 unspecified atom stereocenters. The summed E-state index contributed by atoms with van der Waals surface area (Å²) in [4.78, 5) is 1.95. The van der Waals surface area contributed by atoms with Crippen molar-refractivity contribution in [3.8, 4) is 0 Å². The van der Waals surface area contributed by atoms with Crippen LogP contribution in [0.1, 0.15) is 39.5 Å². The van der Waals surface area contributed by atoms with Crippen molar-refractivity contribution >= 4 is 11.4 Å². The van der Waals surface area contributed by atoms with Gasteiger partial charge in [-0.15, -0.1) is 0 Å². The Hall–Kier alpha value is -1.29. The van der Waals surface area contributed by atoms with E-state index in [0.717, 1.165) is 31.4 Å². The molecule has 1 saturated carbocycles. The first-order valence-corrected chi connectivity index (χ1v) is 7.83. The maximum atomic E-state index is 14.2. The number of ether oxygens (including phenoxy) is 1. The van der Waals surface area contributed by atoms with Crippen LogP contribution in [-0.2, 0) is 4.74 Å². The van der Waals surface area contributed by atoms with Gasteiger partial charge in [0, 0.05) is 31.9 Å². The Morgan fingerprint density at radius 2 is 1.90 bits per heavy atom. The van der Waals surface area contributed by atoms with Crippen molar-refractivity contribution in [3.63, 3.8) is 0 Å². The van der Waals surface area contributed by atoms with Gasteiger partial charge in [0.2, 0.25) is 0 Å². The first-order chi connectivity index (χ1) is 10.0. The van der Waals surface area contributed by atoms with E-state index in [-0.39, 0.29) is 11.9 Å². The topological polar surface area (TPSA) is 24.5 Å². The van der Waals surface area contributed by atoms with Gasteiger partial charge in [0.05, 0.1) is 11.8 Å². The van der Waals surface area contributed by atoms with E-state index >= 15 is 0 Å². The van der Waals surface area contributed by atoms with Gasteiger partial charge < -0.3 is 15.0 Å². The number of methoxy groups -OCH3 is 1. The highest BCUT2D eigenvalue weighted by Crippen LogP contribution is 2.27. The molecule has 4 heteroatoms. The number of benzene rings is 1. The number of anilines is 2. The molecule has 0 bridgehead atoms. The SMILES string of the molecule is COC1CCC(Nc2ccc(N(C)C(C)C)c(F)c2)CC1. The van der Waals surface area contributed by atoms with Crippen molar-refractivity contribution in [1.29, 1.82) is 0 Å². The molecule has 1 aliphatic carbocycles. The summed E-state index contributed by atoms with van der Waals surface area (Å²) in [7, 11) is 3.69. The molecule has 118 valence electrons. The van der Waals surface area contributed by atoms with E-state index < -0.39 is 0 Å². The average Bonchev–Trinajstić information content (AvgIpc) is 2.47. The Morgan fingerprint density at radius 1 is 1.24 bits per heavy atom. The zero-order valence-electron chi connectivity index (χ0n) is 13.5. The van der Waals surface area contributed by atoms with E-state index in [0.29, 0.717) is 17.8 Å². The van der Waals surface area contributed by atoms with Crippen LogP contribution < -0.4 is 10.2 Å². The smallest absolute Gasteiger partial charge is 0.148 e. The monoisotopic (exact) mass is 294 g/mol. The van der Waals surface area contributed by atoms with E-state index in [4.69, 9.17) is 4.74 Å². The first-order valence-electron chi connectivity index (χ1n) is 7.83. The molecule has 0 aromatic heterocycles. The van der Waals surface area contributed by atoms with Crippen LogP contribution in [0.2, 0.25) is 0 Å². The second-order valence-corrected chi connectivity index (χ2v) is 6.22. The fourth-order valence-corrected chi connectivity index (χ4v) is 2.84. The minimum absolute atomic E-state index is 0.165. The molecule has 1 fully saturated rings. The predicted molar refractivity (Wildman–Crippen MR) is 86.6 cm³/mol. The molecular weight excluding hydrogens is 267 g/mol. The second kappa shape index (κ2) is 7.12. The van der Waals surface area contributed by atoms with Crippen LogP contribution in [0.5, 0.6) is 0 Å². The molecule has 0 aliphatic heterocycles. The van der Waals surface area contributed by atoms with Crippen molar-refractivity contribution in [2.75, 3.05) is 24.4 Å². The molecule has 0 atom stereocenters. The lowest BCUT2D eigenvalue weighted by atomic mass is 9.93. The van der Waals surface area contributed by atoms with Crippen LogP contribution in [0.25, 0.3) is 0 Å². The molecule has 1 aromatic rings. The number of hydrogen-bond donors (Lipinski definition) is 1. The zero-order chi connectivity index (χ0) is 15.4. The number of rotatable bonds is 5. The van der Waals surface area contributed by atoms with Crippen molar-refractivity contribution in [1.82, 2.24) is 0 Å². The summed E-state index contributed by atoms with van der Waals surface area (Å²) in [6.07, 6.45) is 4.69. The third-order valence-electron chi connectivity index (χ3n) is 4.48. The third-order valence-corrected chi connectivity index (χ3v) is 4.48. The Bertz CT molecular complexity index is 456. The molecule has 1 aromatic carbocycles. The molecule has 1 aliphatic rings. The van der Waals surface area contributed by atoms with Crippen LogP contribution >= 0.6 is 0 Å². The summed E-state index contributed by atoms with van der Waals surface area (Å²) in [6.45, 7) is 4.11. The third kappa shape index (κ3) is 4.10. The van der Waals surface area contributed by atoms with Crippen LogP contribution in [0.15, 0.2) is 18.2 Å². The lowest BCUT2D eigenvalue weighted by Gasteiger charge is -2.29. The Kier molecular flexibility index (Phi) is 5.45. The fourth-order valence-electron chi connectivity index (χ4n) is 2.84. The molecule has 0 radical (unpaired) electrons. The Labute approximate surface area is 127 Å². The molecular formula is C17H27FN2O. The van der Waals surface area contributed by atoms with Gasteiger partial charge in [0.1, 0.15) is 5.82 Å². The number of nitrogens with zero attached hydrogens (tertiary/aromatic N) is 1. The van der Waals surface area contributed by atoms with Crippen LogP contribution in [0, 0.1) is 5.82 Å². The van der Waals surface area contributed by atoms with Crippen LogP contribution in [0.4, 0.5) is 15.8 Å². The molecule has 0 heterocycles. The van der Waals surface area contributed by atoms with Crippen molar-refractivity contribution in [2.24, 2.45) is 0 Å². The highest BCUT2D eigenvalue weighted by Gasteiger charge is 2.21. The predicted octanol–water partition coefficient (Wildman–Crippen LogP) is 4.04.